The second-order valence-corrected chi connectivity index (χ2v) is 15.3. The van der Waals surface area contributed by atoms with Gasteiger partial charge in [-0.25, -0.2) is 4.79 Å². The lowest BCUT2D eigenvalue weighted by molar-refractivity contribution is -0.896. The summed E-state index contributed by atoms with van der Waals surface area (Å²) < 4.78 is 38.3. The molecule has 6 rings (SSSR count). The van der Waals surface area contributed by atoms with E-state index in [2.05, 4.69) is 35.0 Å². The second-order valence-electron chi connectivity index (χ2n) is 15.3. The van der Waals surface area contributed by atoms with Crippen LogP contribution in [0.5, 0.6) is 5.75 Å². The number of rotatable bonds is 12. The molecule has 2 heterocycles. The number of phenols is 1. The zero-order chi connectivity index (χ0) is 43.6. The van der Waals surface area contributed by atoms with Gasteiger partial charge in [-0.3, -0.25) is 14.9 Å². The number of phenolic OH excluding ortho intramolecular Hbond substituents is 1. The quantitative estimate of drug-likeness (QED) is 0.0858. The van der Waals surface area contributed by atoms with E-state index in [1.807, 2.05) is 73.7 Å². The molecule has 1 atom stereocenters. The number of hydrogen-bond donors (Lipinski definition) is 6. The average molecular weight is 832 g/mol. The molecule has 0 bridgehead atoms. The molecular formula is C44H48F3N5O8. The molecule has 1 aromatic heterocycles. The summed E-state index contributed by atoms with van der Waals surface area (Å²) in [4.78, 5) is 49.2. The van der Waals surface area contributed by atoms with Gasteiger partial charge in [0.1, 0.15) is 17.8 Å². The number of nitrogens with one attached hydrogen (secondary N) is 4. The summed E-state index contributed by atoms with van der Waals surface area (Å²) in [7, 11) is 4.38. The molecule has 6 N–H and O–H groups in total. The lowest BCUT2D eigenvalue weighted by Gasteiger charge is -2.36. The number of carbonyl (C=O) groups is 3. The monoisotopic (exact) mass is 831 g/mol. The smallest absolute Gasteiger partial charge is 0.430 e. The van der Waals surface area contributed by atoms with Crippen molar-refractivity contribution in [2.24, 2.45) is 0 Å². The number of benzene rings is 4. The molecule has 0 radical (unpaired) electrons. The minimum Gasteiger partial charge on any atom is -0.542 e. The van der Waals surface area contributed by atoms with Gasteiger partial charge in [-0.15, -0.1) is 0 Å². The number of hydrogen-bond acceptors (Lipinski definition) is 9. The number of anilines is 2. The van der Waals surface area contributed by atoms with E-state index in [1.165, 1.54) is 12.1 Å². The van der Waals surface area contributed by atoms with Gasteiger partial charge in [-0.05, 0) is 65.4 Å². The first kappa shape index (κ1) is 44.9. The van der Waals surface area contributed by atoms with Gasteiger partial charge in [0.05, 0.1) is 44.5 Å². The molecule has 0 aliphatic carbocycles. The van der Waals surface area contributed by atoms with Gasteiger partial charge in [0.2, 0.25) is 11.5 Å². The number of aliphatic hydroxyl groups is 1. The number of alkyl halides is 3. The number of ether oxygens (including phenoxy) is 1. The molecule has 0 saturated carbocycles. The number of fused-ring (bicyclic) bond motifs is 1. The highest BCUT2D eigenvalue weighted by molar-refractivity contribution is 5.93. The van der Waals surface area contributed by atoms with E-state index in [-0.39, 0.29) is 36.3 Å². The van der Waals surface area contributed by atoms with E-state index in [9.17, 15) is 37.8 Å². The van der Waals surface area contributed by atoms with Gasteiger partial charge < -0.3 is 45.0 Å². The Hall–Kier alpha value is -6.23. The van der Waals surface area contributed by atoms with Crippen LogP contribution in [0.3, 0.4) is 0 Å². The van der Waals surface area contributed by atoms with Gasteiger partial charge in [0, 0.05) is 55.1 Å². The highest BCUT2D eigenvalue weighted by atomic mass is 19.4. The Bertz CT molecular complexity index is 2360. The number of quaternary nitrogens is 1. The molecule has 0 spiro atoms. The summed E-state index contributed by atoms with van der Waals surface area (Å²) in [6.07, 6.45) is -4.24. The maximum absolute atomic E-state index is 13.1. The van der Waals surface area contributed by atoms with Crippen molar-refractivity contribution in [2.45, 2.75) is 57.5 Å². The zero-order valence-electron chi connectivity index (χ0n) is 33.4. The van der Waals surface area contributed by atoms with Gasteiger partial charge in [0.15, 0.2) is 0 Å². The van der Waals surface area contributed by atoms with Crippen LogP contribution >= 0.6 is 0 Å². The van der Waals surface area contributed by atoms with E-state index in [4.69, 9.17) is 14.6 Å². The number of halogens is 3. The largest absolute Gasteiger partial charge is 0.542 e. The number of H-pyrrole nitrogens is 1. The summed E-state index contributed by atoms with van der Waals surface area (Å²) in [6, 6.07) is 27.6. The molecule has 60 heavy (non-hydrogen) atoms. The summed E-state index contributed by atoms with van der Waals surface area (Å²) in [6.45, 7) is 4.59. The van der Waals surface area contributed by atoms with Crippen LogP contribution < -0.4 is 26.6 Å². The first-order chi connectivity index (χ1) is 28.4. The number of amides is 2. The van der Waals surface area contributed by atoms with E-state index in [1.54, 1.807) is 12.1 Å². The number of nitrogens with zero attached hydrogens (tertiary/aromatic N) is 1. The molecular weight excluding hydrogens is 784 g/mol. The molecule has 1 aliphatic rings. The van der Waals surface area contributed by atoms with Crippen LogP contribution in [0.25, 0.3) is 22.0 Å². The third kappa shape index (κ3) is 12.6. The van der Waals surface area contributed by atoms with Crippen LogP contribution in [0.2, 0.25) is 0 Å². The van der Waals surface area contributed by atoms with E-state index in [0.29, 0.717) is 35.1 Å². The fraction of sp³-hybridized carbons (Fsp3) is 0.318. The van der Waals surface area contributed by atoms with Crippen molar-refractivity contribution in [2.75, 3.05) is 44.4 Å². The van der Waals surface area contributed by atoms with Crippen LogP contribution in [0.15, 0.2) is 95.8 Å². The zero-order valence-corrected chi connectivity index (χ0v) is 33.4. The van der Waals surface area contributed by atoms with Crippen molar-refractivity contribution >= 4 is 40.2 Å². The average Bonchev–Trinajstić information content (AvgIpc) is 3.19. The number of aliphatic carboxylic acids is 1. The molecule has 1 saturated heterocycles. The highest BCUT2D eigenvalue weighted by Gasteiger charge is 2.29. The number of pyridine rings is 1. The van der Waals surface area contributed by atoms with E-state index >= 15 is 0 Å². The maximum Gasteiger partial charge on any atom is 0.430 e. The highest BCUT2D eigenvalue weighted by Crippen LogP contribution is 2.31. The van der Waals surface area contributed by atoms with Crippen LogP contribution in [0, 0.1) is 6.92 Å². The first-order valence-corrected chi connectivity index (χ1v) is 19.3. The Morgan fingerprint density at radius 3 is 2.27 bits per heavy atom. The summed E-state index contributed by atoms with van der Waals surface area (Å²) >= 11 is 0. The van der Waals surface area contributed by atoms with Crippen LogP contribution in [-0.2, 0) is 27.3 Å². The van der Waals surface area contributed by atoms with Crippen LogP contribution in [0.1, 0.15) is 47.6 Å². The molecule has 1 aliphatic heterocycles. The van der Waals surface area contributed by atoms with E-state index in [0.717, 1.165) is 63.9 Å². The predicted octanol–water partition coefficient (Wildman–Crippen LogP) is 5.69. The predicted molar refractivity (Wildman–Crippen MR) is 219 cm³/mol. The van der Waals surface area contributed by atoms with E-state index < -0.39 is 24.3 Å². The lowest BCUT2D eigenvalue weighted by Crippen LogP contribution is -2.48. The molecule has 13 nitrogen and oxygen atoms in total. The van der Waals surface area contributed by atoms with Crippen molar-refractivity contribution in [3.05, 3.63) is 124 Å². The Kier molecular flexibility index (Phi) is 14.7. The van der Waals surface area contributed by atoms with Crippen LogP contribution in [-0.4, -0.2) is 83.7 Å². The van der Waals surface area contributed by atoms with Gasteiger partial charge in [-0.2, -0.15) is 13.2 Å². The fourth-order valence-corrected chi connectivity index (χ4v) is 6.83. The maximum atomic E-state index is 13.1. The number of piperidine rings is 1. The molecule has 1 fully saturated rings. The van der Waals surface area contributed by atoms with Crippen molar-refractivity contribution in [3.63, 3.8) is 0 Å². The minimum atomic E-state index is -5.19. The first-order valence-electron chi connectivity index (χ1n) is 19.3. The number of aromatic hydroxyl groups is 1. The number of carboxylic acids is 1. The number of aryl methyl sites for hydroxylation is 2. The number of likely N-dealkylation sites (tertiary alicyclic amines) is 1. The van der Waals surface area contributed by atoms with Crippen molar-refractivity contribution in [1.82, 2.24) is 10.3 Å². The van der Waals surface area contributed by atoms with Gasteiger partial charge in [-0.1, -0.05) is 60.7 Å². The molecule has 4 aromatic carbocycles. The van der Waals surface area contributed by atoms with Gasteiger partial charge in [0.25, 0.3) is 0 Å². The third-order valence-corrected chi connectivity index (χ3v) is 10.2. The number of aliphatic hydroxyl groups excluding tert-OH is 1. The van der Waals surface area contributed by atoms with Crippen molar-refractivity contribution < 1.29 is 52.1 Å². The summed E-state index contributed by atoms with van der Waals surface area (Å²) in [5.41, 5.74) is 6.58. The summed E-state index contributed by atoms with van der Waals surface area (Å²) in [5.74, 6) is -3.18. The van der Waals surface area contributed by atoms with Crippen molar-refractivity contribution in [3.8, 4) is 16.9 Å². The number of carboxylic acid groups (broad SMARTS) is 1. The molecule has 0 unspecified atom stereocenters. The van der Waals surface area contributed by atoms with Crippen LogP contribution in [0.4, 0.5) is 29.3 Å². The third-order valence-electron chi connectivity index (χ3n) is 10.2. The number of carbonyl (C=O) groups excluding carboxylic acids is 3. The molecule has 16 heteroatoms. The normalized spacial score (nSPS) is 14.4. The number of aromatic amines is 1. The molecule has 2 amide bonds. The standard InChI is InChI=1S/C42H47N5O6.C2HF3O2/c1-27-23-29(25-43-26-38(49)33-13-16-37(48)41-34(33)14-18-40(51)46-41)10-15-35(27)44-39(50)17-11-28-9-12-32(30-7-5-4-6-8-30)36(24-28)45-42(52)53-31-19-21-47(2,3)22-20-31;3-2(4,5)1(6)7/h4-10,12-16,18,23-24,31,38,43,49H,11,17,19-22,25-26H2,1-3H3,(H3-,44,45,46,48,50,51,52);(H,6,7)/t38-;/m0./s1. The lowest BCUT2D eigenvalue weighted by atomic mass is 9.99. The second kappa shape index (κ2) is 19.7. The molecule has 5 aromatic rings. The summed E-state index contributed by atoms with van der Waals surface area (Å²) in [5, 5.41) is 39.7. The molecule has 318 valence electrons. The topological polar surface area (TPSA) is 193 Å². The van der Waals surface area contributed by atoms with Gasteiger partial charge >= 0.3 is 12.3 Å². The van der Waals surface area contributed by atoms with Crippen molar-refractivity contribution in [1.29, 1.82) is 0 Å². The fourth-order valence-electron chi connectivity index (χ4n) is 6.83. The SMILES string of the molecule is Cc1cc(CNC[C@H](O)c2ccc(O)c3[nH]c(=O)ccc23)ccc1NC(=O)CCc1ccc(-c2ccccc2)c(NC(=O)OC2CC[N+](C)(C)CC2)c1.O=C([O-])C(F)(F)F. The Balaban J connectivity index is 0.000000896. The number of aromatic nitrogens is 1. The minimum absolute atomic E-state index is 0.0549. The Morgan fingerprint density at radius 1 is 0.917 bits per heavy atom. The Labute approximate surface area is 344 Å². The Morgan fingerprint density at radius 2 is 1.60 bits per heavy atom.